The molecule has 7 nitrogen and oxygen atoms in total. The van der Waals surface area contributed by atoms with Gasteiger partial charge in [0.2, 0.25) is 11.8 Å². The van der Waals surface area contributed by atoms with E-state index in [0.717, 1.165) is 24.2 Å². The molecule has 5 rings (SSSR count). The second-order valence-corrected chi connectivity index (χ2v) is 8.66. The minimum Gasteiger partial charge on any atom is -0.469 e. The van der Waals surface area contributed by atoms with Crippen molar-refractivity contribution in [3.05, 3.63) is 72.2 Å². The van der Waals surface area contributed by atoms with E-state index in [2.05, 4.69) is 27.8 Å². The van der Waals surface area contributed by atoms with Crippen LogP contribution >= 0.6 is 24.0 Å². The highest BCUT2D eigenvalue weighted by molar-refractivity contribution is 14.0. The van der Waals surface area contributed by atoms with Crippen LogP contribution in [0, 0.1) is 23.7 Å². The van der Waals surface area contributed by atoms with Gasteiger partial charge in [0.25, 0.3) is 0 Å². The molecule has 4 unspecified atom stereocenters. The standard InChI is InChI=1S/C25H28N4O3.HI/c30-23-21-18-8-9-19(15-18)22(21)24(31)29(23)13-12-27-25(26-11-10-20-7-4-14-32-20)28-16-17-5-2-1-3-6-17;/h1-9,14,18-19,21-22H,10-13,15-16H2,(H2,26,27,28);1H. The van der Waals surface area contributed by atoms with Crippen LogP contribution in [-0.2, 0) is 22.6 Å². The first-order valence-corrected chi connectivity index (χ1v) is 11.3. The van der Waals surface area contributed by atoms with Gasteiger partial charge in [0.1, 0.15) is 5.76 Å². The number of carbonyl (C=O) groups is 2. The topological polar surface area (TPSA) is 86.9 Å². The summed E-state index contributed by atoms with van der Waals surface area (Å²) < 4.78 is 5.39. The number of benzene rings is 1. The molecule has 2 fully saturated rings. The fourth-order valence-corrected chi connectivity index (χ4v) is 5.16. The molecule has 2 bridgehead atoms. The molecule has 1 aromatic heterocycles. The van der Waals surface area contributed by atoms with E-state index < -0.39 is 0 Å². The summed E-state index contributed by atoms with van der Waals surface area (Å²) in [5, 5.41) is 6.61. The van der Waals surface area contributed by atoms with Crippen molar-refractivity contribution in [3.63, 3.8) is 0 Å². The summed E-state index contributed by atoms with van der Waals surface area (Å²) in [6.07, 6.45) is 7.60. The lowest BCUT2D eigenvalue weighted by molar-refractivity contribution is -0.140. The summed E-state index contributed by atoms with van der Waals surface area (Å²) in [6, 6.07) is 13.9. The number of furan rings is 1. The summed E-state index contributed by atoms with van der Waals surface area (Å²) in [6.45, 7) is 2.02. The molecule has 3 aliphatic rings. The van der Waals surface area contributed by atoms with Gasteiger partial charge in [0, 0.05) is 26.1 Å². The van der Waals surface area contributed by atoms with E-state index in [9.17, 15) is 9.59 Å². The molecule has 4 atom stereocenters. The number of hydrogen-bond acceptors (Lipinski definition) is 4. The Bertz CT molecular complexity index is 992. The van der Waals surface area contributed by atoms with Crippen LogP contribution in [0.3, 0.4) is 0 Å². The highest BCUT2D eigenvalue weighted by Gasteiger charge is 2.58. The van der Waals surface area contributed by atoms with Crippen molar-refractivity contribution < 1.29 is 14.0 Å². The maximum absolute atomic E-state index is 12.9. The number of likely N-dealkylation sites (tertiary alicyclic amines) is 1. The molecule has 2 amide bonds. The Morgan fingerprint density at radius 2 is 1.67 bits per heavy atom. The number of rotatable bonds is 8. The fraction of sp³-hybridized carbons (Fsp3) is 0.400. The van der Waals surface area contributed by atoms with Crippen LogP contribution in [0.15, 0.2) is 70.3 Å². The number of carbonyl (C=O) groups excluding carboxylic acids is 2. The van der Waals surface area contributed by atoms with Gasteiger partial charge in [-0.3, -0.25) is 14.5 Å². The van der Waals surface area contributed by atoms with Gasteiger partial charge in [-0.1, -0.05) is 42.5 Å². The van der Waals surface area contributed by atoms with Gasteiger partial charge in [0.05, 0.1) is 24.6 Å². The number of amides is 2. The van der Waals surface area contributed by atoms with Gasteiger partial charge in [-0.05, 0) is 36.0 Å². The molecule has 1 aromatic carbocycles. The third-order valence-electron chi connectivity index (χ3n) is 6.70. The van der Waals surface area contributed by atoms with Crippen molar-refractivity contribution in [1.29, 1.82) is 0 Å². The first kappa shape index (κ1) is 23.5. The van der Waals surface area contributed by atoms with Crippen molar-refractivity contribution in [2.45, 2.75) is 19.4 Å². The monoisotopic (exact) mass is 560 g/mol. The minimum absolute atomic E-state index is 0. The number of imide groups is 1. The molecule has 0 radical (unpaired) electrons. The molecule has 2 aromatic rings. The Morgan fingerprint density at radius 1 is 0.970 bits per heavy atom. The van der Waals surface area contributed by atoms with Crippen LogP contribution in [0.5, 0.6) is 0 Å². The molecule has 2 N–H and O–H groups in total. The number of allylic oxidation sites excluding steroid dienone is 2. The number of hydrogen-bond donors (Lipinski definition) is 2. The highest BCUT2D eigenvalue weighted by atomic mass is 127. The largest absolute Gasteiger partial charge is 0.469 e. The molecule has 2 aliphatic carbocycles. The van der Waals surface area contributed by atoms with Crippen LogP contribution in [0.25, 0.3) is 0 Å². The Balaban J connectivity index is 0.00000259. The van der Waals surface area contributed by atoms with Crippen LogP contribution in [0.2, 0.25) is 0 Å². The predicted molar refractivity (Wildman–Crippen MR) is 136 cm³/mol. The van der Waals surface area contributed by atoms with Gasteiger partial charge in [0.15, 0.2) is 5.96 Å². The number of fused-ring (bicyclic) bond motifs is 5. The van der Waals surface area contributed by atoms with E-state index >= 15 is 0 Å². The van der Waals surface area contributed by atoms with Crippen molar-refractivity contribution in [2.75, 3.05) is 19.6 Å². The summed E-state index contributed by atoms with van der Waals surface area (Å²) >= 11 is 0. The number of guanidine groups is 1. The number of nitrogens with zero attached hydrogens (tertiary/aromatic N) is 2. The normalized spacial score (nSPS) is 25.3. The molecular weight excluding hydrogens is 531 g/mol. The number of nitrogens with one attached hydrogen (secondary N) is 2. The summed E-state index contributed by atoms with van der Waals surface area (Å²) in [4.78, 5) is 31.9. The molecule has 1 saturated carbocycles. The Hall–Kier alpha value is -2.62. The van der Waals surface area contributed by atoms with Gasteiger partial charge < -0.3 is 15.1 Å². The quantitative estimate of drug-likeness (QED) is 0.171. The maximum atomic E-state index is 12.9. The van der Waals surface area contributed by atoms with Crippen molar-refractivity contribution in [3.8, 4) is 0 Å². The molecule has 1 aliphatic heterocycles. The Labute approximate surface area is 210 Å². The second kappa shape index (κ2) is 10.5. The first-order chi connectivity index (χ1) is 15.7. The SMILES string of the molecule is I.O=C1C2C3C=CC(C3)C2C(=O)N1CCNC(=NCc1ccccc1)NCCc1ccco1. The first-order valence-electron chi connectivity index (χ1n) is 11.3. The molecule has 2 heterocycles. The zero-order valence-electron chi connectivity index (χ0n) is 18.4. The van der Waals surface area contributed by atoms with E-state index in [1.54, 1.807) is 6.26 Å². The lowest BCUT2D eigenvalue weighted by Gasteiger charge is -2.19. The van der Waals surface area contributed by atoms with Gasteiger partial charge >= 0.3 is 0 Å². The molecule has 174 valence electrons. The Kier molecular flexibility index (Phi) is 7.52. The number of aliphatic imine (C=N–C) groups is 1. The Morgan fingerprint density at radius 3 is 2.33 bits per heavy atom. The van der Waals surface area contributed by atoms with E-state index in [1.165, 1.54) is 4.90 Å². The van der Waals surface area contributed by atoms with E-state index in [4.69, 9.17) is 4.42 Å². The zero-order valence-corrected chi connectivity index (χ0v) is 20.7. The lowest BCUT2D eigenvalue weighted by Crippen LogP contribution is -2.44. The summed E-state index contributed by atoms with van der Waals surface area (Å²) in [5.74, 6) is 1.74. The van der Waals surface area contributed by atoms with Crippen LogP contribution in [-0.4, -0.2) is 42.3 Å². The minimum atomic E-state index is -0.143. The average molecular weight is 560 g/mol. The van der Waals surface area contributed by atoms with Crippen molar-refractivity contribution in [1.82, 2.24) is 15.5 Å². The zero-order chi connectivity index (χ0) is 21.9. The van der Waals surface area contributed by atoms with Gasteiger partial charge in [-0.2, -0.15) is 0 Å². The third kappa shape index (κ3) is 5.00. The second-order valence-electron chi connectivity index (χ2n) is 8.66. The lowest BCUT2D eigenvalue weighted by atomic mass is 9.85. The van der Waals surface area contributed by atoms with Crippen LogP contribution in [0.4, 0.5) is 0 Å². The van der Waals surface area contributed by atoms with Gasteiger partial charge in [-0.15, -0.1) is 24.0 Å². The predicted octanol–water partition coefficient (Wildman–Crippen LogP) is 2.98. The summed E-state index contributed by atoms with van der Waals surface area (Å²) in [7, 11) is 0. The van der Waals surface area contributed by atoms with Crippen molar-refractivity contribution in [2.24, 2.45) is 28.7 Å². The van der Waals surface area contributed by atoms with Gasteiger partial charge in [-0.25, -0.2) is 4.99 Å². The maximum Gasteiger partial charge on any atom is 0.233 e. The van der Waals surface area contributed by atoms with Crippen LogP contribution in [0.1, 0.15) is 17.7 Å². The van der Waals surface area contributed by atoms with E-state index in [1.807, 2.05) is 42.5 Å². The third-order valence-corrected chi connectivity index (χ3v) is 6.70. The molecule has 33 heavy (non-hydrogen) atoms. The highest BCUT2D eigenvalue weighted by Crippen LogP contribution is 2.52. The van der Waals surface area contributed by atoms with Crippen LogP contribution < -0.4 is 10.6 Å². The molecule has 1 saturated heterocycles. The number of halogens is 1. The fourth-order valence-electron chi connectivity index (χ4n) is 5.16. The smallest absolute Gasteiger partial charge is 0.233 e. The van der Waals surface area contributed by atoms with E-state index in [0.29, 0.717) is 32.1 Å². The summed E-state index contributed by atoms with van der Waals surface area (Å²) in [5.41, 5.74) is 1.11. The molecule has 0 spiro atoms. The molecule has 8 heteroatoms. The molecular formula is C25H29IN4O3. The van der Waals surface area contributed by atoms with Crippen molar-refractivity contribution >= 4 is 41.8 Å². The van der Waals surface area contributed by atoms with E-state index in [-0.39, 0.29) is 59.5 Å². The average Bonchev–Trinajstić information content (AvgIpc) is 3.60.